The maximum atomic E-state index is 13.6. The third-order valence-corrected chi connectivity index (χ3v) is 5.05. The van der Waals surface area contributed by atoms with Gasteiger partial charge in [-0.05, 0) is 43.2 Å². The monoisotopic (exact) mass is 391 g/mol. The van der Waals surface area contributed by atoms with E-state index in [1.54, 1.807) is 31.5 Å². The average molecular weight is 391 g/mol. The largest absolute Gasteiger partial charge is 0.342 e. The summed E-state index contributed by atoms with van der Waals surface area (Å²) >= 11 is 0. The van der Waals surface area contributed by atoms with E-state index >= 15 is 0 Å². The summed E-state index contributed by atoms with van der Waals surface area (Å²) in [7, 11) is 0. The van der Waals surface area contributed by atoms with Crippen LogP contribution in [0.2, 0.25) is 0 Å². The number of likely N-dealkylation sites (tertiary alicyclic amines) is 1. The summed E-state index contributed by atoms with van der Waals surface area (Å²) in [6.07, 6.45) is 5.30. The van der Waals surface area contributed by atoms with Gasteiger partial charge in [0.05, 0.1) is 5.69 Å². The summed E-state index contributed by atoms with van der Waals surface area (Å²) in [5.74, 6) is 1.02. The fourth-order valence-corrected chi connectivity index (χ4v) is 3.58. The molecule has 4 rings (SSSR count). The zero-order chi connectivity index (χ0) is 20.2. The molecule has 3 aromatic rings. The van der Waals surface area contributed by atoms with Crippen molar-refractivity contribution in [3.63, 3.8) is 0 Å². The number of hydrogen-bond donors (Lipinski definition) is 1. The highest BCUT2D eigenvalue weighted by Gasteiger charge is 2.25. The normalized spacial score (nSPS) is 16.5. The van der Waals surface area contributed by atoms with Crippen LogP contribution in [0.1, 0.15) is 31.4 Å². The maximum Gasteiger partial charge on any atom is 0.219 e. The highest BCUT2D eigenvalue weighted by molar-refractivity contribution is 5.73. The van der Waals surface area contributed by atoms with E-state index in [2.05, 4.69) is 15.3 Å². The summed E-state index contributed by atoms with van der Waals surface area (Å²) in [5, 5.41) is 3.18. The van der Waals surface area contributed by atoms with E-state index in [-0.39, 0.29) is 17.6 Å². The minimum absolute atomic E-state index is 0.0781. The van der Waals surface area contributed by atoms with Gasteiger partial charge in [0.15, 0.2) is 5.82 Å². The van der Waals surface area contributed by atoms with Gasteiger partial charge in [-0.3, -0.25) is 9.78 Å². The van der Waals surface area contributed by atoms with Crippen molar-refractivity contribution in [3.8, 4) is 11.4 Å². The lowest BCUT2D eigenvalue weighted by Gasteiger charge is -2.32. The molecule has 0 saturated carbocycles. The van der Waals surface area contributed by atoms with Crippen LogP contribution in [-0.4, -0.2) is 38.8 Å². The Hall–Kier alpha value is -3.35. The molecule has 1 aromatic carbocycles. The Kier molecular flexibility index (Phi) is 5.46. The van der Waals surface area contributed by atoms with Gasteiger partial charge in [-0.2, -0.15) is 0 Å². The number of hydrogen-bond acceptors (Lipinski definition) is 5. The summed E-state index contributed by atoms with van der Waals surface area (Å²) in [6, 6.07) is 11.9. The van der Waals surface area contributed by atoms with Crippen molar-refractivity contribution in [1.82, 2.24) is 19.9 Å². The van der Waals surface area contributed by atoms with Crippen molar-refractivity contribution < 1.29 is 9.18 Å². The molecule has 1 aliphatic heterocycles. The predicted molar refractivity (Wildman–Crippen MR) is 109 cm³/mol. The molecule has 1 N–H and O–H groups in total. The van der Waals surface area contributed by atoms with Crippen LogP contribution in [0.15, 0.2) is 54.9 Å². The molecule has 148 valence electrons. The molecule has 0 aliphatic carbocycles. The molecule has 3 heterocycles. The molecule has 1 aliphatic rings. The number of aromatic nitrogens is 3. The van der Waals surface area contributed by atoms with Crippen LogP contribution >= 0.6 is 0 Å². The number of carbonyl (C=O) groups is 1. The molecule has 0 bridgehead atoms. The first kappa shape index (κ1) is 19.0. The van der Waals surface area contributed by atoms with Crippen molar-refractivity contribution in [1.29, 1.82) is 0 Å². The van der Waals surface area contributed by atoms with Gasteiger partial charge in [-0.15, -0.1) is 0 Å². The van der Waals surface area contributed by atoms with Crippen LogP contribution in [0.25, 0.3) is 11.4 Å². The molecule has 0 radical (unpaired) electrons. The molecule has 29 heavy (non-hydrogen) atoms. The number of nitrogens with one attached hydrogen (secondary N) is 1. The van der Waals surface area contributed by atoms with Crippen LogP contribution in [0, 0.1) is 5.82 Å². The first-order valence-electron chi connectivity index (χ1n) is 9.66. The van der Waals surface area contributed by atoms with Crippen molar-refractivity contribution in [2.45, 2.75) is 25.7 Å². The first-order chi connectivity index (χ1) is 14.1. The Morgan fingerprint density at radius 3 is 2.86 bits per heavy atom. The third kappa shape index (κ3) is 4.56. The number of halogens is 1. The molecule has 6 nitrogen and oxygen atoms in total. The standard InChI is InChI=1S/C22H22FN5O/c1-15(29)28-10-4-6-17(14-28)20-12-21(25-19-8-2-7-18(23)11-19)27-22(26-20)16-5-3-9-24-13-16/h2-3,5,7-9,11-13,17H,4,6,10,14H2,1H3,(H,25,26,27)/t17-/m1/s1. The van der Waals surface area contributed by atoms with Gasteiger partial charge in [0.1, 0.15) is 11.6 Å². The summed E-state index contributed by atoms with van der Waals surface area (Å²) in [5.41, 5.74) is 2.28. The predicted octanol–water partition coefficient (Wildman–Crippen LogP) is 4.15. The van der Waals surface area contributed by atoms with Gasteiger partial charge in [0.25, 0.3) is 0 Å². The molecule has 1 saturated heterocycles. The molecule has 2 aromatic heterocycles. The van der Waals surface area contributed by atoms with Gasteiger partial charge in [0, 0.05) is 55.6 Å². The Labute approximate surface area is 168 Å². The molecule has 0 unspecified atom stereocenters. The van der Waals surface area contributed by atoms with Crippen LogP contribution in [0.5, 0.6) is 0 Å². The van der Waals surface area contributed by atoms with Crippen LogP contribution in [0.3, 0.4) is 0 Å². The fourth-order valence-electron chi connectivity index (χ4n) is 3.58. The quantitative estimate of drug-likeness (QED) is 0.724. The van der Waals surface area contributed by atoms with E-state index < -0.39 is 0 Å². The number of pyridine rings is 1. The molecular formula is C22H22FN5O. The fraction of sp³-hybridized carbons (Fsp3) is 0.273. The lowest BCUT2D eigenvalue weighted by molar-refractivity contribution is -0.130. The minimum Gasteiger partial charge on any atom is -0.342 e. The van der Waals surface area contributed by atoms with E-state index in [4.69, 9.17) is 4.98 Å². The zero-order valence-corrected chi connectivity index (χ0v) is 16.2. The van der Waals surface area contributed by atoms with Crippen LogP contribution in [0.4, 0.5) is 15.9 Å². The van der Waals surface area contributed by atoms with Crippen molar-refractivity contribution in [3.05, 3.63) is 66.4 Å². The molecule has 0 spiro atoms. The van der Waals surface area contributed by atoms with Crippen molar-refractivity contribution in [2.24, 2.45) is 0 Å². The number of anilines is 2. The smallest absolute Gasteiger partial charge is 0.219 e. The second-order valence-corrected chi connectivity index (χ2v) is 7.18. The number of benzene rings is 1. The second kappa shape index (κ2) is 8.34. The van der Waals surface area contributed by atoms with Gasteiger partial charge < -0.3 is 10.2 Å². The molecule has 7 heteroatoms. The maximum absolute atomic E-state index is 13.6. The highest BCUT2D eigenvalue weighted by atomic mass is 19.1. The average Bonchev–Trinajstić information content (AvgIpc) is 2.74. The van der Waals surface area contributed by atoms with Gasteiger partial charge in [0.2, 0.25) is 5.91 Å². The van der Waals surface area contributed by atoms with E-state index in [0.29, 0.717) is 23.9 Å². The molecular weight excluding hydrogens is 369 g/mol. The van der Waals surface area contributed by atoms with E-state index in [9.17, 15) is 9.18 Å². The Bertz CT molecular complexity index is 1010. The summed E-state index contributed by atoms with van der Waals surface area (Å²) in [6.45, 7) is 3.01. The summed E-state index contributed by atoms with van der Waals surface area (Å²) in [4.78, 5) is 27.3. The van der Waals surface area contributed by atoms with Gasteiger partial charge in [-0.25, -0.2) is 14.4 Å². The van der Waals surface area contributed by atoms with Gasteiger partial charge in [-0.1, -0.05) is 6.07 Å². The molecule has 1 fully saturated rings. The van der Waals surface area contributed by atoms with Crippen LogP contribution < -0.4 is 5.32 Å². The van der Waals surface area contributed by atoms with Crippen LogP contribution in [-0.2, 0) is 4.79 Å². The number of piperidine rings is 1. The minimum atomic E-state index is -0.318. The number of rotatable bonds is 4. The van der Waals surface area contributed by atoms with E-state index in [0.717, 1.165) is 30.6 Å². The van der Waals surface area contributed by atoms with E-state index in [1.165, 1.54) is 12.1 Å². The lowest BCUT2D eigenvalue weighted by Crippen LogP contribution is -2.37. The molecule has 1 amide bonds. The zero-order valence-electron chi connectivity index (χ0n) is 16.2. The number of nitrogens with zero attached hydrogens (tertiary/aromatic N) is 4. The van der Waals surface area contributed by atoms with Gasteiger partial charge >= 0.3 is 0 Å². The highest BCUT2D eigenvalue weighted by Crippen LogP contribution is 2.29. The van der Waals surface area contributed by atoms with E-state index in [1.807, 2.05) is 23.1 Å². The third-order valence-electron chi connectivity index (χ3n) is 5.05. The molecule has 1 atom stereocenters. The summed E-state index contributed by atoms with van der Waals surface area (Å²) < 4.78 is 13.6. The first-order valence-corrected chi connectivity index (χ1v) is 9.66. The Balaban J connectivity index is 1.71. The number of carbonyl (C=O) groups excluding carboxylic acids is 1. The SMILES string of the molecule is CC(=O)N1CCC[C@@H](c2cc(Nc3cccc(F)c3)nc(-c3cccnc3)n2)C1. The van der Waals surface area contributed by atoms with Crippen molar-refractivity contribution >= 4 is 17.4 Å². The Morgan fingerprint density at radius 1 is 1.21 bits per heavy atom. The Morgan fingerprint density at radius 2 is 2.10 bits per heavy atom. The number of amides is 1. The topological polar surface area (TPSA) is 71.0 Å². The lowest BCUT2D eigenvalue weighted by atomic mass is 9.94. The van der Waals surface area contributed by atoms with Crippen molar-refractivity contribution in [2.75, 3.05) is 18.4 Å². The second-order valence-electron chi connectivity index (χ2n) is 7.18.